The van der Waals surface area contributed by atoms with Gasteiger partial charge < -0.3 is 5.32 Å². The largest absolute Gasteiger partial charge is 0.307 e. The second kappa shape index (κ2) is 6.51. The molecule has 1 aromatic heterocycles. The summed E-state index contributed by atoms with van der Waals surface area (Å²) in [6.45, 7) is 2.10. The van der Waals surface area contributed by atoms with Gasteiger partial charge >= 0.3 is 0 Å². The van der Waals surface area contributed by atoms with E-state index >= 15 is 0 Å². The van der Waals surface area contributed by atoms with Crippen molar-refractivity contribution in [2.75, 3.05) is 5.32 Å². The van der Waals surface area contributed by atoms with Gasteiger partial charge in [-0.1, -0.05) is 0 Å². The van der Waals surface area contributed by atoms with Gasteiger partial charge in [-0.2, -0.15) is 5.10 Å². The Labute approximate surface area is 152 Å². The second-order valence-corrected chi connectivity index (χ2v) is 8.83. The maximum absolute atomic E-state index is 12.5. The molecule has 1 aromatic carbocycles. The highest BCUT2D eigenvalue weighted by Gasteiger charge is 2.31. The average Bonchev–Trinajstić information content (AvgIpc) is 3.54. The standard InChI is InChI=1S/C18H22N4O3S/c1-12(13-2-3-13)22-17(10-11-19-22)20-18(23)14-4-8-16(9-5-14)26(24,25)21-15-6-7-15/h4-5,8-13,15,21H,2-3,6-7H2,1H3,(H,20,23). The van der Waals surface area contributed by atoms with Gasteiger partial charge in [0.1, 0.15) is 5.82 Å². The molecule has 0 saturated heterocycles. The van der Waals surface area contributed by atoms with Crippen LogP contribution in [-0.2, 0) is 10.0 Å². The molecule has 0 aliphatic heterocycles. The minimum atomic E-state index is -3.51. The van der Waals surface area contributed by atoms with Gasteiger partial charge in [0, 0.05) is 17.7 Å². The fourth-order valence-electron chi connectivity index (χ4n) is 2.98. The number of hydrogen-bond donors (Lipinski definition) is 2. The van der Waals surface area contributed by atoms with Crippen molar-refractivity contribution in [1.29, 1.82) is 0 Å². The van der Waals surface area contributed by atoms with Gasteiger partial charge in [0.05, 0.1) is 17.1 Å². The van der Waals surface area contributed by atoms with Gasteiger partial charge in [-0.3, -0.25) is 4.79 Å². The fourth-order valence-corrected chi connectivity index (χ4v) is 4.28. The molecule has 1 heterocycles. The van der Waals surface area contributed by atoms with Crippen molar-refractivity contribution < 1.29 is 13.2 Å². The van der Waals surface area contributed by atoms with E-state index in [2.05, 4.69) is 22.1 Å². The average molecular weight is 374 g/mol. The van der Waals surface area contributed by atoms with Crippen LogP contribution >= 0.6 is 0 Å². The van der Waals surface area contributed by atoms with Crippen molar-refractivity contribution in [3.8, 4) is 0 Å². The van der Waals surface area contributed by atoms with Crippen LogP contribution in [-0.4, -0.2) is 30.1 Å². The third-order valence-corrected chi connectivity index (χ3v) is 6.46. The molecule has 0 radical (unpaired) electrons. The number of aromatic nitrogens is 2. The molecule has 138 valence electrons. The zero-order valence-electron chi connectivity index (χ0n) is 14.6. The Balaban J connectivity index is 1.46. The Hall–Kier alpha value is -2.19. The summed E-state index contributed by atoms with van der Waals surface area (Å²) in [5.74, 6) is 0.990. The molecular weight excluding hydrogens is 352 g/mol. The molecule has 1 amide bonds. The molecular formula is C18H22N4O3S. The summed E-state index contributed by atoms with van der Waals surface area (Å²) < 4.78 is 28.8. The third kappa shape index (κ3) is 3.66. The molecule has 2 saturated carbocycles. The van der Waals surface area contributed by atoms with E-state index in [4.69, 9.17) is 0 Å². The molecule has 2 N–H and O–H groups in total. The van der Waals surface area contributed by atoms with E-state index in [0.29, 0.717) is 17.3 Å². The van der Waals surface area contributed by atoms with Crippen LogP contribution in [0.3, 0.4) is 0 Å². The number of nitrogens with zero attached hydrogens (tertiary/aromatic N) is 2. The molecule has 0 bridgehead atoms. The lowest BCUT2D eigenvalue weighted by molar-refractivity contribution is 0.102. The quantitative estimate of drug-likeness (QED) is 0.779. The molecule has 8 heteroatoms. The van der Waals surface area contributed by atoms with Gasteiger partial charge in [0.2, 0.25) is 10.0 Å². The summed E-state index contributed by atoms with van der Waals surface area (Å²) in [5.41, 5.74) is 0.405. The van der Waals surface area contributed by atoms with Crippen LogP contribution in [0.15, 0.2) is 41.4 Å². The lowest BCUT2D eigenvalue weighted by Crippen LogP contribution is -2.25. The molecule has 1 unspecified atom stereocenters. The Bertz CT molecular complexity index is 912. The lowest BCUT2D eigenvalue weighted by Gasteiger charge is -2.15. The number of nitrogens with one attached hydrogen (secondary N) is 2. The number of benzene rings is 1. The first-order valence-corrected chi connectivity index (χ1v) is 10.4. The number of sulfonamides is 1. The summed E-state index contributed by atoms with van der Waals surface area (Å²) in [5, 5.41) is 7.19. The molecule has 0 spiro atoms. The van der Waals surface area contributed by atoms with Crippen LogP contribution in [0.5, 0.6) is 0 Å². The second-order valence-electron chi connectivity index (χ2n) is 7.11. The van der Waals surface area contributed by atoms with E-state index in [1.165, 1.54) is 37.1 Å². The molecule has 2 aliphatic rings. The van der Waals surface area contributed by atoms with Gasteiger partial charge in [0.15, 0.2) is 0 Å². The van der Waals surface area contributed by atoms with E-state index in [9.17, 15) is 13.2 Å². The molecule has 2 fully saturated rings. The number of amides is 1. The van der Waals surface area contributed by atoms with Crippen molar-refractivity contribution in [3.63, 3.8) is 0 Å². The zero-order valence-corrected chi connectivity index (χ0v) is 15.4. The zero-order chi connectivity index (χ0) is 18.3. The maximum Gasteiger partial charge on any atom is 0.256 e. The summed E-state index contributed by atoms with van der Waals surface area (Å²) in [7, 11) is -3.51. The highest BCUT2D eigenvalue weighted by Crippen LogP contribution is 2.40. The minimum Gasteiger partial charge on any atom is -0.307 e. The van der Waals surface area contributed by atoms with Crippen LogP contribution in [0.1, 0.15) is 49.0 Å². The Morgan fingerprint density at radius 3 is 2.46 bits per heavy atom. The van der Waals surface area contributed by atoms with Crippen molar-refractivity contribution >= 4 is 21.7 Å². The normalized spacial score (nSPS) is 18.5. The number of anilines is 1. The van der Waals surface area contributed by atoms with Crippen LogP contribution in [0.2, 0.25) is 0 Å². The first-order valence-electron chi connectivity index (χ1n) is 8.91. The van der Waals surface area contributed by atoms with Crippen LogP contribution in [0, 0.1) is 5.92 Å². The third-order valence-electron chi connectivity index (χ3n) is 4.93. The van der Waals surface area contributed by atoms with Crippen molar-refractivity contribution in [3.05, 3.63) is 42.1 Å². The predicted molar refractivity (Wildman–Crippen MR) is 97.4 cm³/mol. The van der Waals surface area contributed by atoms with E-state index in [1.807, 2.05) is 4.68 Å². The molecule has 2 aromatic rings. The van der Waals surface area contributed by atoms with Crippen molar-refractivity contribution in [2.45, 2.75) is 49.6 Å². The Morgan fingerprint density at radius 1 is 1.15 bits per heavy atom. The molecule has 4 rings (SSSR count). The van der Waals surface area contributed by atoms with E-state index < -0.39 is 10.0 Å². The molecule has 1 atom stereocenters. The van der Waals surface area contributed by atoms with Gasteiger partial charge in [-0.25, -0.2) is 17.8 Å². The SMILES string of the molecule is CC(C1CC1)n1nccc1NC(=O)c1ccc(S(=O)(=O)NC2CC2)cc1. The maximum atomic E-state index is 12.5. The first kappa shape index (κ1) is 17.2. The van der Waals surface area contributed by atoms with Crippen molar-refractivity contribution in [2.24, 2.45) is 5.92 Å². The highest BCUT2D eigenvalue weighted by atomic mass is 32.2. The summed E-state index contributed by atoms with van der Waals surface area (Å²) >= 11 is 0. The number of carbonyl (C=O) groups excluding carboxylic acids is 1. The van der Waals surface area contributed by atoms with Crippen LogP contribution in [0.25, 0.3) is 0 Å². The minimum absolute atomic E-state index is 0.0525. The smallest absolute Gasteiger partial charge is 0.256 e. The Kier molecular flexibility index (Phi) is 4.32. The Morgan fingerprint density at radius 2 is 1.85 bits per heavy atom. The topological polar surface area (TPSA) is 93.1 Å². The van der Waals surface area contributed by atoms with Gasteiger partial charge in [0.25, 0.3) is 5.91 Å². The predicted octanol–water partition coefficient (Wildman–Crippen LogP) is 2.55. The van der Waals surface area contributed by atoms with Crippen molar-refractivity contribution in [1.82, 2.24) is 14.5 Å². The number of carbonyl (C=O) groups is 1. The summed E-state index contributed by atoms with van der Waals surface area (Å²) in [6.07, 6.45) is 5.82. The van der Waals surface area contributed by atoms with E-state index in [0.717, 1.165) is 12.8 Å². The molecule has 2 aliphatic carbocycles. The highest BCUT2D eigenvalue weighted by molar-refractivity contribution is 7.89. The van der Waals surface area contributed by atoms with E-state index in [1.54, 1.807) is 12.3 Å². The lowest BCUT2D eigenvalue weighted by atomic mass is 10.2. The molecule has 7 nitrogen and oxygen atoms in total. The molecule has 26 heavy (non-hydrogen) atoms. The van der Waals surface area contributed by atoms with Crippen LogP contribution in [0.4, 0.5) is 5.82 Å². The summed E-state index contributed by atoms with van der Waals surface area (Å²) in [6, 6.07) is 8.06. The number of hydrogen-bond acceptors (Lipinski definition) is 4. The fraction of sp³-hybridized carbons (Fsp3) is 0.444. The number of rotatable bonds is 7. The first-order chi connectivity index (χ1) is 12.4. The van der Waals surface area contributed by atoms with Gasteiger partial charge in [-0.15, -0.1) is 0 Å². The van der Waals surface area contributed by atoms with E-state index in [-0.39, 0.29) is 22.9 Å². The monoisotopic (exact) mass is 374 g/mol. The van der Waals surface area contributed by atoms with Gasteiger partial charge in [-0.05, 0) is 62.8 Å². The van der Waals surface area contributed by atoms with Crippen LogP contribution < -0.4 is 10.0 Å². The summed E-state index contributed by atoms with van der Waals surface area (Å²) in [4.78, 5) is 12.7.